The van der Waals surface area contributed by atoms with Crippen LogP contribution in [0.4, 0.5) is 0 Å². The number of allylic oxidation sites excluding steroid dienone is 2. The van der Waals surface area contributed by atoms with Crippen LogP contribution in [0.2, 0.25) is 5.02 Å². The lowest BCUT2D eigenvalue weighted by Crippen LogP contribution is -2.16. The minimum atomic E-state index is -0.489. The molecule has 2 rings (SSSR count). The lowest BCUT2D eigenvalue weighted by Gasteiger charge is -2.11. The Balaban J connectivity index is 2.03. The first-order valence-corrected chi connectivity index (χ1v) is 7.37. The Labute approximate surface area is 134 Å². The quantitative estimate of drug-likeness (QED) is 0.466. The van der Waals surface area contributed by atoms with Gasteiger partial charge < -0.3 is 4.74 Å². The van der Waals surface area contributed by atoms with Crippen molar-refractivity contribution in [2.75, 3.05) is 0 Å². The van der Waals surface area contributed by atoms with Gasteiger partial charge >= 0.3 is 5.97 Å². The van der Waals surface area contributed by atoms with Crippen LogP contribution in [0.5, 0.6) is 0 Å². The highest BCUT2D eigenvalue weighted by atomic mass is 35.5. The van der Waals surface area contributed by atoms with Crippen molar-refractivity contribution >= 4 is 29.4 Å². The molecule has 0 spiro atoms. The lowest BCUT2D eigenvalue weighted by atomic mass is 10.1. The van der Waals surface area contributed by atoms with Crippen LogP contribution in [0.3, 0.4) is 0 Å². The van der Waals surface area contributed by atoms with Crippen molar-refractivity contribution < 1.29 is 14.3 Å². The number of hydrogen-bond acceptors (Lipinski definition) is 3. The van der Waals surface area contributed by atoms with Gasteiger partial charge in [0.2, 0.25) is 0 Å². The SMILES string of the molecule is C=CCC1=C(C)C(OC(=O)C=Cc2ccccc2Cl)CC1=O. The third-order valence-electron chi connectivity index (χ3n) is 3.58. The topological polar surface area (TPSA) is 43.4 Å². The Morgan fingerprint density at radius 2 is 2.18 bits per heavy atom. The van der Waals surface area contributed by atoms with Gasteiger partial charge in [-0.15, -0.1) is 6.58 Å². The highest BCUT2D eigenvalue weighted by molar-refractivity contribution is 6.32. The van der Waals surface area contributed by atoms with Crippen molar-refractivity contribution in [3.05, 3.63) is 64.7 Å². The van der Waals surface area contributed by atoms with Gasteiger partial charge in [0, 0.05) is 16.7 Å². The van der Waals surface area contributed by atoms with Gasteiger partial charge in [-0.1, -0.05) is 35.9 Å². The number of carbonyl (C=O) groups excluding carboxylic acids is 2. The molecule has 0 fully saturated rings. The maximum absolute atomic E-state index is 11.9. The Hall–Kier alpha value is -2.13. The molecule has 1 unspecified atom stereocenters. The summed E-state index contributed by atoms with van der Waals surface area (Å²) in [6, 6.07) is 7.20. The van der Waals surface area contributed by atoms with Gasteiger partial charge in [-0.05, 0) is 36.6 Å². The third-order valence-corrected chi connectivity index (χ3v) is 3.92. The highest BCUT2D eigenvalue weighted by Crippen LogP contribution is 2.28. The van der Waals surface area contributed by atoms with Crippen LogP contribution in [-0.2, 0) is 14.3 Å². The monoisotopic (exact) mass is 316 g/mol. The van der Waals surface area contributed by atoms with Gasteiger partial charge in [-0.3, -0.25) is 4.79 Å². The molecular weight excluding hydrogens is 300 g/mol. The smallest absolute Gasteiger partial charge is 0.331 e. The van der Waals surface area contributed by atoms with E-state index < -0.39 is 12.1 Å². The van der Waals surface area contributed by atoms with E-state index >= 15 is 0 Å². The molecule has 0 amide bonds. The second-order valence-corrected chi connectivity index (χ2v) is 5.47. The van der Waals surface area contributed by atoms with Crippen molar-refractivity contribution in [2.24, 2.45) is 0 Å². The Morgan fingerprint density at radius 3 is 2.86 bits per heavy atom. The molecule has 4 heteroatoms. The number of ketones is 1. The summed E-state index contributed by atoms with van der Waals surface area (Å²) in [7, 11) is 0. The summed E-state index contributed by atoms with van der Waals surface area (Å²) in [5.74, 6) is -0.470. The second kappa shape index (κ2) is 7.23. The molecule has 114 valence electrons. The van der Waals surface area contributed by atoms with E-state index in [1.54, 1.807) is 24.3 Å². The first kappa shape index (κ1) is 16.2. The fraction of sp³-hybridized carbons (Fsp3) is 0.222. The summed E-state index contributed by atoms with van der Waals surface area (Å²) in [5, 5.41) is 0.562. The van der Waals surface area contributed by atoms with Gasteiger partial charge in [0.1, 0.15) is 6.10 Å². The highest BCUT2D eigenvalue weighted by Gasteiger charge is 2.30. The first-order chi connectivity index (χ1) is 10.5. The second-order valence-electron chi connectivity index (χ2n) is 5.06. The van der Waals surface area contributed by atoms with Gasteiger partial charge in [0.15, 0.2) is 5.78 Å². The van der Waals surface area contributed by atoms with Gasteiger partial charge in [0.05, 0.1) is 6.42 Å². The molecule has 3 nitrogen and oxygen atoms in total. The number of carbonyl (C=O) groups is 2. The summed E-state index contributed by atoms with van der Waals surface area (Å²) in [6.07, 6.45) is 4.84. The lowest BCUT2D eigenvalue weighted by molar-refractivity contribution is -0.141. The molecule has 0 aromatic heterocycles. The van der Waals surface area contributed by atoms with E-state index in [2.05, 4.69) is 6.58 Å². The molecule has 0 aliphatic heterocycles. The zero-order chi connectivity index (χ0) is 16.1. The van der Waals surface area contributed by atoms with Crippen LogP contribution in [0, 0.1) is 0 Å². The third kappa shape index (κ3) is 3.74. The Morgan fingerprint density at radius 1 is 1.45 bits per heavy atom. The number of esters is 1. The molecule has 0 heterocycles. The van der Waals surface area contributed by atoms with E-state index in [1.165, 1.54) is 6.08 Å². The molecule has 0 N–H and O–H groups in total. The normalized spacial score (nSPS) is 18.1. The predicted molar refractivity (Wildman–Crippen MR) is 87.5 cm³/mol. The molecule has 1 aliphatic carbocycles. The number of Topliss-reactive ketones (excluding diaryl/α,β-unsaturated/α-hetero) is 1. The molecule has 1 aliphatic rings. The molecule has 0 radical (unpaired) electrons. The number of rotatable bonds is 5. The molecule has 22 heavy (non-hydrogen) atoms. The van der Waals surface area contributed by atoms with E-state index in [0.717, 1.165) is 11.1 Å². The largest absolute Gasteiger partial charge is 0.454 e. The van der Waals surface area contributed by atoms with Crippen LogP contribution >= 0.6 is 11.6 Å². The zero-order valence-electron chi connectivity index (χ0n) is 12.3. The van der Waals surface area contributed by atoms with E-state index in [-0.39, 0.29) is 12.2 Å². The number of benzene rings is 1. The van der Waals surface area contributed by atoms with Gasteiger partial charge in [-0.2, -0.15) is 0 Å². The standard InChI is InChI=1S/C18H17ClO3/c1-3-6-14-12(2)17(11-16(14)20)22-18(21)10-9-13-7-4-5-8-15(13)19/h3-5,7-10,17H,1,6,11H2,2H3. The van der Waals surface area contributed by atoms with E-state index in [9.17, 15) is 9.59 Å². The summed E-state index contributed by atoms with van der Waals surface area (Å²) in [4.78, 5) is 23.8. The van der Waals surface area contributed by atoms with Crippen molar-refractivity contribution in [2.45, 2.75) is 25.9 Å². The van der Waals surface area contributed by atoms with Crippen molar-refractivity contribution in [3.8, 4) is 0 Å². The average Bonchev–Trinajstić information content (AvgIpc) is 2.74. The zero-order valence-corrected chi connectivity index (χ0v) is 13.1. The Bertz CT molecular complexity index is 671. The van der Waals surface area contributed by atoms with Crippen LogP contribution in [0.25, 0.3) is 6.08 Å². The maximum atomic E-state index is 11.9. The minimum Gasteiger partial charge on any atom is -0.454 e. The fourth-order valence-electron chi connectivity index (χ4n) is 2.36. The molecule has 0 saturated carbocycles. The molecule has 1 aromatic carbocycles. The molecule has 0 saturated heterocycles. The predicted octanol–water partition coefficient (Wildman–Crippen LogP) is 4.13. The number of halogens is 1. The van der Waals surface area contributed by atoms with Crippen LogP contribution in [-0.4, -0.2) is 17.9 Å². The maximum Gasteiger partial charge on any atom is 0.331 e. The minimum absolute atomic E-state index is 0.0188. The van der Waals surface area contributed by atoms with Crippen molar-refractivity contribution in [1.29, 1.82) is 0 Å². The molecule has 1 atom stereocenters. The fourth-order valence-corrected chi connectivity index (χ4v) is 2.55. The summed E-state index contributed by atoms with van der Waals surface area (Å²) < 4.78 is 5.35. The number of ether oxygens (including phenoxy) is 1. The van der Waals surface area contributed by atoms with E-state index in [4.69, 9.17) is 16.3 Å². The summed E-state index contributed by atoms with van der Waals surface area (Å²) in [5.41, 5.74) is 2.25. The van der Waals surface area contributed by atoms with Gasteiger partial charge in [-0.25, -0.2) is 4.79 Å². The molecule has 0 bridgehead atoms. The van der Waals surface area contributed by atoms with E-state index in [0.29, 0.717) is 17.0 Å². The van der Waals surface area contributed by atoms with E-state index in [1.807, 2.05) is 19.1 Å². The van der Waals surface area contributed by atoms with Crippen LogP contribution in [0.15, 0.2) is 54.1 Å². The first-order valence-electron chi connectivity index (χ1n) is 7.00. The van der Waals surface area contributed by atoms with Crippen molar-refractivity contribution in [3.63, 3.8) is 0 Å². The van der Waals surface area contributed by atoms with Crippen LogP contribution in [0.1, 0.15) is 25.3 Å². The molecular formula is C18H17ClO3. The van der Waals surface area contributed by atoms with Gasteiger partial charge in [0.25, 0.3) is 0 Å². The average molecular weight is 317 g/mol. The summed E-state index contributed by atoms with van der Waals surface area (Å²) >= 11 is 6.01. The Kier molecular flexibility index (Phi) is 5.34. The summed E-state index contributed by atoms with van der Waals surface area (Å²) in [6.45, 7) is 5.45. The number of hydrogen-bond donors (Lipinski definition) is 0. The van der Waals surface area contributed by atoms with Crippen LogP contribution < -0.4 is 0 Å². The molecule has 1 aromatic rings. The van der Waals surface area contributed by atoms with Crippen molar-refractivity contribution in [1.82, 2.24) is 0 Å².